The van der Waals surface area contributed by atoms with E-state index >= 15 is 0 Å². The Morgan fingerprint density at radius 2 is 2.53 bits per heavy atom. The Bertz CT molecular complexity index is 332. The molecule has 0 spiro atoms. The Morgan fingerprint density at radius 3 is 2.93 bits per heavy atom. The van der Waals surface area contributed by atoms with Crippen LogP contribution in [0.2, 0.25) is 0 Å². The van der Waals surface area contributed by atoms with Crippen molar-refractivity contribution >= 4 is 6.09 Å². The lowest BCUT2D eigenvalue weighted by atomic mass is 10.1. The number of nitrogens with one attached hydrogen (secondary N) is 1. The standard InChI is InChI=1S/C10H15N3O2/c1-2-13(10(14)15)8(7-3-4-7)9-11-5-6-12-9/h5-8H,2-4H2,1H3,(H,11,12)(H,14,15). The zero-order chi connectivity index (χ0) is 10.8. The molecular weight excluding hydrogens is 194 g/mol. The lowest BCUT2D eigenvalue weighted by Gasteiger charge is -2.26. The summed E-state index contributed by atoms with van der Waals surface area (Å²) in [6.45, 7) is 2.35. The van der Waals surface area contributed by atoms with E-state index in [2.05, 4.69) is 9.97 Å². The topological polar surface area (TPSA) is 69.2 Å². The van der Waals surface area contributed by atoms with E-state index in [4.69, 9.17) is 5.11 Å². The van der Waals surface area contributed by atoms with Gasteiger partial charge in [0.15, 0.2) is 0 Å². The highest BCUT2D eigenvalue weighted by Crippen LogP contribution is 2.43. The van der Waals surface area contributed by atoms with Gasteiger partial charge in [-0.2, -0.15) is 0 Å². The van der Waals surface area contributed by atoms with Crippen LogP contribution in [0.3, 0.4) is 0 Å². The van der Waals surface area contributed by atoms with Gasteiger partial charge in [0.2, 0.25) is 0 Å². The number of rotatable bonds is 4. The average Bonchev–Trinajstić information content (AvgIpc) is 2.88. The van der Waals surface area contributed by atoms with Crippen molar-refractivity contribution in [2.24, 2.45) is 5.92 Å². The van der Waals surface area contributed by atoms with Crippen molar-refractivity contribution in [3.05, 3.63) is 18.2 Å². The van der Waals surface area contributed by atoms with E-state index in [1.165, 1.54) is 4.90 Å². The van der Waals surface area contributed by atoms with E-state index in [0.717, 1.165) is 18.7 Å². The van der Waals surface area contributed by atoms with E-state index in [1.54, 1.807) is 12.4 Å². The summed E-state index contributed by atoms with van der Waals surface area (Å²) < 4.78 is 0. The van der Waals surface area contributed by atoms with Gasteiger partial charge in [-0.15, -0.1) is 0 Å². The van der Waals surface area contributed by atoms with Gasteiger partial charge >= 0.3 is 6.09 Å². The first-order chi connectivity index (χ1) is 7.24. The van der Waals surface area contributed by atoms with E-state index in [-0.39, 0.29) is 6.04 Å². The van der Waals surface area contributed by atoms with Crippen LogP contribution in [0.5, 0.6) is 0 Å². The lowest BCUT2D eigenvalue weighted by Crippen LogP contribution is -2.35. The molecule has 1 heterocycles. The van der Waals surface area contributed by atoms with Crippen LogP contribution in [0.15, 0.2) is 12.4 Å². The second-order valence-electron chi connectivity index (χ2n) is 3.83. The largest absolute Gasteiger partial charge is 0.465 e. The van der Waals surface area contributed by atoms with Gasteiger partial charge in [0.25, 0.3) is 0 Å². The van der Waals surface area contributed by atoms with Crippen molar-refractivity contribution in [2.75, 3.05) is 6.54 Å². The fourth-order valence-corrected chi connectivity index (χ4v) is 1.93. The Kier molecular flexibility index (Phi) is 2.62. The molecule has 1 aliphatic rings. The third-order valence-corrected chi connectivity index (χ3v) is 2.79. The van der Waals surface area contributed by atoms with Gasteiger partial charge in [0.05, 0.1) is 6.04 Å². The molecule has 2 rings (SSSR count). The molecule has 0 bridgehead atoms. The van der Waals surface area contributed by atoms with Crippen LogP contribution in [-0.4, -0.2) is 32.6 Å². The van der Waals surface area contributed by atoms with Crippen LogP contribution in [-0.2, 0) is 0 Å². The van der Waals surface area contributed by atoms with E-state index in [0.29, 0.717) is 12.5 Å². The van der Waals surface area contributed by atoms with Crippen LogP contribution >= 0.6 is 0 Å². The predicted octanol–water partition coefficient (Wildman–Crippen LogP) is 1.86. The first-order valence-corrected chi connectivity index (χ1v) is 5.23. The van der Waals surface area contributed by atoms with Gasteiger partial charge in [-0.1, -0.05) is 0 Å². The van der Waals surface area contributed by atoms with Crippen LogP contribution in [0, 0.1) is 5.92 Å². The molecule has 15 heavy (non-hydrogen) atoms. The number of amides is 1. The van der Waals surface area contributed by atoms with Crippen LogP contribution in [0.25, 0.3) is 0 Å². The number of nitrogens with zero attached hydrogens (tertiary/aromatic N) is 2. The molecule has 0 aliphatic heterocycles. The highest BCUT2D eigenvalue weighted by Gasteiger charge is 2.39. The first kappa shape index (κ1) is 10.0. The highest BCUT2D eigenvalue weighted by atomic mass is 16.4. The summed E-state index contributed by atoms with van der Waals surface area (Å²) in [6.07, 6.45) is 4.72. The van der Waals surface area contributed by atoms with Crippen molar-refractivity contribution in [1.29, 1.82) is 0 Å². The highest BCUT2D eigenvalue weighted by molar-refractivity contribution is 5.65. The Hall–Kier alpha value is -1.52. The number of imidazole rings is 1. The minimum atomic E-state index is -0.870. The smallest absolute Gasteiger partial charge is 0.407 e. The summed E-state index contributed by atoms with van der Waals surface area (Å²) in [5.74, 6) is 1.20. The molecule has 0 aromatic carbocycles. The zero-order valence-electron chi connectivity index (χ0n) is 8.68. The molecule has 0 radical (unpaired) electrons. The van der Waals surface area contributed by atoms with Gasteiger partial charge in [0, 0.05) is 18.9 Å². The molecular formula is C10H15N3O2. The molecule has 2 N–H and O–H groups in total. The summed E-state index contributed by atoms with van der Waals surface area (Å²) in [5, 5.41) is 9.10. The third-order valence-electron chi connectivity index (χ3n) is 2.79. The maximum absolute atomic E-state index is 11.1. The number of hydrogen-bond acceptors (Lipinski definition) is 2. The number of carboxylic acid groups (broad SMARTS) is 1. The molecule has 1 aromatic rings. The quantitative estimate of drug-likeness (QED) is 0.795. The van der Waals surface area contributed by atoms with Crippen LogP contribution in [0.1, 0.15) is 31.6 Å². The molecule has 1 fully saturated rings. The third kappa shape index (κ3) is 1.95. The summed E-state index contributed by atoms with van der Waals surface area (Å²) in [7, 11) is 0. The minimum absolute atomic E-state index is 0.0949. The predicted molar refractivity (Wildman–Crippen MR) is 54.5 cm³/mol. The number of carbonyl (C=O) groups is 1. The SMILES string of the molecule is CCN(C(=O)O)C(c1ncc[nH]1)C1CC1. The zero-order valence-corrected chi connectivity index (χ0v) is 8.68. The van der Waals surface area contributed by atoms with Gasteiger partial charge in [-0.3, -0.25) is 4.90 Å². The Balaban J connectivity index is 2.22. The second kappa shape index (κ2) is 3.92. The maximum atomic E-state index is 11.1. The van der Waals surface area contributed by atoms with Crippen LogP contribution in [0.4, 0.5) is 4.79 Å². The molecule has 1 saturated carbocycles. The van der Waals surface area contributed by atoms with Crippen molar-refractivity contribution in [2.45, 2.75) is 25.8 Å². The molecule has 1 amide bonds. The van der Waals surface area contributed by atoms with Gasteiger partial charge < -0.3 is 10.1 Å². The molecule has 5 heteroatoms. The number of hydrogen-bond donors (Lipinski definition) is 2. The Labute approximate surface area is 88.1 Å². The normalized spacial score (nSPS) is 17.4. The van der Waals surface area contributed by atoms with Crippen molar-refractivity contribution < 1.29 is 9.90 Å². The van der Waals surface area contributed by atoms with Crippen molar-refractivity contribution in [3.63, 3.8) is 0 Å². The molecule has 1 atom stereocenters. The Morgan fingerprint density at radius 1 is 1.80 bits per heavy atom. The average molecular weight is 209 g/mol. The molecule has 1 unspecified atom stereocenters. The molecule has 1 aromatic heterocycles. The van der Waals surface area contributed by atoms with Gasteiger partial charge in [-0.25, -0.2) is 9.78 Å². The van der Waals surface area contributed by atoms with Gasteiger partial charge in [-0.05, 0) is 25.7 Å². The van der Waals surface area contributed by atoms with E-state index < -0.39 is 6.09 Å². The summed E-state index contributed by atoms with van der Waals surface area (Å²) in [4.78, 5) is 19.7. The minimum Gasteiger partial charge on any atom is -0.465 e. The fraction of sp³-hybridized carbons (Fsp3) is 0.600. The van der Waals surface area contributed by atoms with Crippen molar-refractivity contribution in [1.82, 2.24) is 14.9 Å². The molecule has 0 saturated heterocycles. The lowest BCUT2D eigenvalue weighted by molar-refractivity contribution is 0.118. The van der Waals surface area contributed by atoms with E-state index in [9.17, 15) is 4.79 Å². The first-order valence-electron chi connectivity index (χ1n) is 5.23. The number of H-pyrrole nitrogens is 1. The van der Waals surface area contributed by atoms with Gasteiger partial charge in [0.1, 0.15) is 5.82 Å². The summed E-state index contributed by atoms with van der Waals surface area (Å²) in [5.41, 5.74) is 0. The maximum Gasteiger partial charge on any atom is 0.407 e. The molecule has 82 valence electrons. The second-order valence-corrected chi connectivity index (χ2v) is 3.83. The van der Waals surface area contributed by atoms with Crippen molar-refractivity contribution in [3.8, 4) is 0 Å². The fourth-order valence-electron chi connectivity index (χ4n) is 1.93. The number of aromatic amines is 1. The van der Waals surface area contributed by atoms with Crippen LogP contribution < -0.4 is 0 Å². The number of aromatic nitrogens is 2. The molecule has 1 aliphatic carbocycles. The summed E-state index contributed by atoms with van der Waals surface area (Å²) in [6, 6.07) is -0.0949. The molecule has 5 nitrogen and oxygen atoms in total. The van der Waals surface area contributed by atoms with E-state index in [1.807, 2.05) is 6.92 Å². The summed E-state index contributed by atoms with van der Waals surface area (Å²) >= 11 is 0. The monoisotopic (exact) mass is 209 g/mol.